The Morgan fingerprint density at radius 2 is 2.18 bits per heavy atom. The minimum Gasteiger partial charge on any atom is -0.503 e. The Labute approximate surface area is 170 Å². The maximum absolute atomic E-state index is 12.4. The number of ether oxygens (including phenoxy) is 1. The second-order valence-electron chi connectivity index (χ2n) is 6.09. The van der Waals surface area contributed by atoms with Crippen LogP contribution in [0, 0.1) is 11.3 Å². The fourth-order valence-corrected chi connectivity index (χ4v) is 3.35. The van der Waals surface area contributed by atoms with Crippen LogP contribution < -0.4 is 10.1 Å². The van der Waals surface area contributed by atoms with Crippen LogP contribution in [0.25, 0.3) is 17.0 Å². The summed E-state index contributed by atoms with van der Waals surface area (Å²) in [7, 11) is 1.43. The fraction of sp³-hybridized carbons (Fsp3) is 0.143. The molecule has 142 valence electrons. The van der Waals surface area contributed by atoms with Crippen molar-refractivity contribution in [3.8, 4) is 17.6 Å². The van der Waals surface area contributed by atoms with Crippen LogP contribution >= 0.6 is 15.9 Å². The van der Waals surface area contributed by atoms with Gasteiger partial charge in [0.25, 0.3) is 5.91 Å². The summed E-state index contributed by atoms with van der Waals surface area (Å²) < 4.78 is 5.50. The molecule has 6 nitrogen and oxygen atoms in total. The molecule has 0 radical (unpaired) electrons. The van der Waals surface area contributed by atoms with Crippen molar-refractivity contribution in [1.82, 2.24) is 10.3 Å². The van der Waals surface area contributed by atoms with Gasteiger partial charge in [0, 0.05) is 23.6 Å². The average molecular weight is 440 g/mol. The van der Waals surface area contributed by atoms with Gasteiger partial charge < -0.3 is 20.1 Å². The Hall–Kier alpha value is -3.24. The summed E-state index contributed by atoms with van der Waals surface area (Å²) in [4.78, 5) is 15.6. The van der Waals surface area contributed by atoms with Gasteiger partial charge in [-0.2, -0.15) is 5.26 Å². The van der Waals surface area contributed by atoms with Crippen LogP contribution in [-0.4, -0.2) is 29.7 Å². The van der Waals surface area contributed by atoms with Crippen LogP contribution in [-0.2, 0) is 11.2 Å². The molecule has 1 amide bonds. The largest absolute Gasteiger partial charge is 0.503 e. The van der Waals surface area contributed by atoms with Gasteiger partial charge in [-0.25, -0.2) is 0 Å². The van der Waals surface area contributed by atoms with Crippen LogP contribution in [0.4, 0.5) is 0 Å². The van der Waals surface area contributed by atoms with Gasteiger partial charge in [0.05, 0.1) is 11.6 Å². The van der Waals surface area contributed by atoms with Crippen LogP contribution in [0.1, 0.15) is 11.1 Å². The molecule has 0 saturated heterocycles. The third-order valence-electron chi connectivity index (χ3n) is 4.30. The monoisotopic (exact) mass is 439 g/mol. The molecule has 3 aromatic rings. The molecule has 0 unspecified atom stereocenters. The number of aromatic hydroxyl groups is 1. The van der Waals surface area contributed by atoms with E-state index in [0.717, 1.165) is 16.5 Å². The van der Waals surface area contributed by atoms with E-state index in [0.29, 0.717) is 23.0 Å². The summed E-state index contributed by atoms with van der Waals surface area (Å²) >= 11 is 3.22. The number of hydrogen-bond acceptors (Lipinski definition) is 4. The number of aromatic nitrogens is 1. The number of phenolic OH excluding ortho intramolecular Hbond substituents is 1. The van der Waals surface area contributed by atoms with E-state index in [-0.39, 0.29) is 17.1 Å². The fourth-order valence-electron chi connectivity index (χ4n) is 2.89. The van der Waals surface area contributed by atoms with Gasteiger partial charge in [-0.1, -0.05) is 18.2 Å². The van der Waals surface area contributed by atoms with Crippen LogP contribution in [0.3, 0.4) is 0 Å². The summed E-state index contributed by atoms with van der Waals surface area (Å²) in [6.07, 6.45) is 4.03. The number of nitrogens with zero attached hydrogens (tertiary/aromatic N) is 1. The number of nitriles is 1. The first-order valence-corrected chi connectivity index (χ1v) is 9.34. The zero-order valence-corrected chi connectivity index (χ0v) is 16.7. The number of para-hydroxylation sites is 1. The molecule has 7 heteroatoms. The number of carbonyl (C=O) groups excluding carboxylic acids is 1. The lowest BCUT2D eigenvalue weighted by atomic mass is 10.1. The number of amides is 1. The molecule has 0 saturated carbocycles. The lowest BCUT2D eigenvalue weighted by molar-refractivity contribution is -0.117. The number of aromatic amines is 1. The molecule has 3 rings (SSSR count). The molecule has 3 N–H and O–H groups in total. The van der Waals surface area contributed by atoms with Crippen LogP contribution in [0.2, 0.25) is 0 Å². The normalized spacial score (nSPS) is 11.2. The highest BCUT2D eigenvalue weighted by atomic mass is 79.9. The SMILES string of the molecule is COc1cc(C=C(C#N)C(=O)NCCc2c[nH]c3ccccc23)cc(Br)c1O. The smallest absolute Gasteiger partial charge is 0.261 e. The predicted octanol–water partition coefficient (Wildman–Crippen LogP) is 3.91. The first-order chi connectivity index (χ1) is 13.5. The molecule has 0 bridgehead atoms. The Bertz CT molecular complexity index is 1100. The first kappa shape index (κ1) is 19.5. The van der Waals surface area contributed by atoms with Gasteiger partial charge in [0.15, 0.2) is 11.5 Å². The molecular weight excluding hydrogens is 422 g/mol. The summed E-state index contributed by atoms with van der Waals surface area (Å²) in [5.74, 6) is -0.246. The quantitative estimate of drug-likeness (QED) is 0.400. The molecule has 2 aromatic carbocycles. The van der Waals surface area contributed by atoms with Crippen molar-refractivity contribution in [2.24, 2.45) is 0 Å². The van der Waals surface area contributed by atoms with Gasteiger partial charge in [-0.15, -0.1) is 0 Å². The second kappa shape index (κ2) is 8.63. The minimum atomic E-state index is -0.453. The second-order valence-corrected chi connectivity index (χ2v) is 6.94. The van der Waals surface area contributed by atoms with Gasteiger partial charge in [-0.3, -0.25) is 4.79 Å². The van der Waals surface area contributed by atoms with E-state index in [2.05, 4.69) is 26.2 Å². The van der Waals surface area contributed by atoms with E-state index in [1.807, 2.05) is 36.5 Å². The standard InChI is InChI=1S/C21H18BrN3O3/c1-28-19-10-13(9-17(22)20(19)26)8-15(11-23)21(27)24-7-6-14-12-25-18-5-3-2-4-16(14)18/h2-5,8-10,12,25-26H,6-7H2,1H3,(H,24,27). The minimum absolute atomic E-state index is 0.0291. The Morgan fingerprint density at radius 1 is 1.39 bits per heavy atom. The molecule has 0 fully saturated rings. The van der Waals surface area contributed by atoms with Gasteiger partial charge in [0.1, 0.15) is 11.6 Å². The Morgan fingerprint density at radius 3 is 2.93 bits per heavy atom. The van der Waals surface area contributed by atoms with E-state index < -0.39 is 5.91 Å². The van der Waals surface area contributed by atoms with E-state index in [1.54, 1.807) is 12.1 Å². The highest BCUT2D eigenvalue weighted by molar-refractivity contribution is 9.10. The van der Waals surface area contributed by atoms with E-state index in [9.17, 15) is 15.2 Å². The number of halogens is 1. The average Bonchev–Trinajstić information content (AvgIpc) is 3.11. The van der Waals surface area contributed by atoms with E-state index >= 15 is 0 Å². The topological polar surface area (TPSA) is 98.1 Å². The first-order valence-electron chi connectivity index (χ1n) is 8.55. The highest BCUT2D eigenvalue weighted by Crippen LogP contribution is 2.35. The molecule has 0 aliphatic heterocycles. The van der Waals surface area contributed by atoms with Crippen molar-refractivity contribution in [2.75, 3.05) is 13.7 Å². The van der Waals surface area contributed by atoms with Crippen LogP contribution in [0.5, 0.6) is 11.5 Å². The Balaban J connectivity index is 1.69. The summed E-state index contributed by atoms with van der Waals surface area (Å²) in [5, 5.41) is 23.1. The predicted molar refractivity (Wildman–Crippen MR) is 111 cm³/mol. The number of carbonyl (C=O) groups is 1. The number of hydrogen-bond donors (Lipinski definition) is 3. The number of benzene rings is 2. The number of phenols is 1. The molecule has 1 heterocycles. The van der Waals surface area contributed by atoms with Crippen molar-refractivity contribution in [3.63, 3.8) is 0 Å². The Kier molecular flexibility index (Phi) is 6.02. The zero-order valence-electron chi connectivity index (χ0n) is 15.1. The van der Waals surface area contributed by atoms with Crippen LogP contribution in [0.15, 0.2) is 52.6 Å². The van der Waals surface area contributed by atoms with Gasteiger partial charge >= 0.3 is 0 Å². The summed E-state index contributed by atoms with van der Waals surface area (Å²) in [6, 6.07) is 13.0. The maximum atomic E-state index is 12.4. The number of nitrogens with one attached hydrogen (secondary N) is 2. The van der Waals surface area contributed by atoms with Crippen molar-refractivity contribution in [1.29, 1.82) is 5.26 Å². The highest BCUT2D eigenvalue weighted by Gasteiger charge is 2.12. The summed E-state index contributed by atoms with van der Waals surface area (Å²) in [5.41, 5.74) is 2.68. The van der Waals surface area contributed by atoms with Crippen molar-refractivity contribution < 1.29 is 14.6 Å². The molecule has 0 spiro atoms. The molecule has 28 heavy (non-hydrogen) atoms. The van der Waals surface area contributed by atoms with Crippen molar-refractivity contribution in [3.05, 3.63) is 63.8 Å². The van der Waals surface area contributed by atoms with Crippen molar-refractivity contribution >= 4 is 38.8 Å². The molecular formula is C21H18BrN3O3. The summed E-state index contributed by atoms with van der Waals surface area (Å²) in [6.45, 7) is 0.405. The van der Waals surface area contributed by atoms with Crippen molar-refractivity contribution in [2.45, 2.75) is 6.42 Å². The lowest BCUT2D eigenvalue weighted by Crippen LogP contribution is -2.26. The molecule has 0 aliphatic carbocycles. The van der Waals surface area contributed by atoms with Gasteiger partial charge in [0.2, 0.25) is 0 Å². The molecule has 0 aliphatic rings. The van der Waals surface area contributed by atoms with E-state index in [4.69, 9.17) is 4.74 Å². The van der Waals surface area contributed by atoms with E-state index in [1.165, 1.54) is 13.2 Å². The number of H-pyrrole nitrogens is 1. The third-order valence-corrected chi connectivity index (χ3v) is 4.91. The number of fused-ring (bicyclic) bond motifs is 1. The third kappa shape index (κ3) is 4.18. The van der Waals surface area contributed by atoms with Gasteiger partial charge in [-0.05, 0) is 57.8 Å². The number of methoxy groups -OCH3 is 1. The number of rotatable bonds is 6. The maximum Gasteiger partial charge on any atom is 0.261 e. The zero-order chi connectivity index (χ0) is 20.1. The molecule has 0 atom stereocenters. The lowest BCUT2D eigenvalue weighted by Gasteiger charge is -2.07. The molecule has 1 aromatic heterocycles.